The van der Waals surface area contributed by atoms with E-state index in [1.807, 2.05) is 0 Å². The Morgan fingerprint density at radius 1 is 1.30 bits per heavy atom. The fourth-order valence-corrected chi connectivity index (χ4v) is 5.61. The summed E-state index contributed by atoms with van der Waals surface area (Å²) in [6, 6.07) is -0.991. The summed E-state index contributed by atoms with van der Waals surface area (Å²) in [6.07, 6.45) is 8.01. The summed E-state index contributed by atoms with van der Waals surface area (Å²) in [4.78, 5) is 17.7. The predicted octanol–water partition coefficient (Wildman–Crippen LogP) is 3.40. The van der Waals surface area contributed by atoms with Crippen LogP contribution in [-0.2, 0) is 34.6 Å². The lowest BCUT2D eigenvalue weighted by molar-refractivity contribution is 0.260. The molecule has 160 valence electrons. The zero-order valence-electron chi connectivity index (χ0n) is 17.1. The number of pyridine rings is 1. The minimum Gasteiger partial charge on any atom is -0.305 e. The maximum atomic E-state index is 14.3. The lowest BCUT2D eigenvalue weighted by Gasteiger charge is -2.16. The van der Waals surface area contributed by atoms with Gasteiger partial charge in [0.2, 0.25) is 5.03 Å². The number of carbonyl (C=O) groups is 1. The molecule has 30 heavy (non-hydrogen) atoms. The van der Waals surface area contributed by atoms with Gasteiger partial charge in [-0.05, 0) is 69.9 Å². The predicted molar refractivity (Wildman–Crippen MR) is 110 cm³/mol. The molecule has 3 aliphatic rings. The third-order valence-corrected chi connectivity index (χ3v) is 7.71. The highest BCUT2D eigenvalue weighted by atomic mass is 32.2. The summed E-state index contributed by atoms with van der Waals surface area (Å²) < 4.78 is 32.0. The fraction of sp³-hybridized carbons (Fsp3) is 0.550. The smallest absolute Gasteiger partial charge is 0.305 e. The maximum Gasteiger partial charge on any atom is 0.354 e. The van der Waals surface area contributed by atoms with E-state index in [1.165, 1.54) is 4.68 Å². The second kappa shape index (κ2) is 6.58. The number of aryl methyl sites for hydroxylation is 1. The first-order chi connectivity index (χ1) is 14.2. The second-order valence-corrected chi connectivity index (χ2v) is 10.5. The quantitative estimate of drug-likeness (QED) is 0.773. The topological polar surface area (TPSA) is 115 Å². The SMILES string of the molecule is CC(C)n1cc(F)c([S@@](N)(=O)=NC(=O)Nc2c3c(nc4c2CCC42CC2)CCC3)n1. The first-order valence-electron chi connectivity index (χ1n) is 10.4. The van der Waals surface area contributed by atoms with Gasteiger partial charge in [0.05, 0.1) is 17.6 Å². The molecule has 8 nitrogen and oxygen atoms in total. The number of fused-ring (bicyclic) bond motifs is 3. The highest BCUT2D eigenvalue weighted by Gasteiger charge is 2.51. The molecule has 3 aliphatic carbocycles. The zero-order chi connectivity index (χ0) is 21.3. The largest absolute Gasteiger partial charge is 0.354 e. The Morgan fingerprint density at radius 3 is 2.73 bits per heavy atom. The highest BCUT2D eigenvalue weighted by molar-refractivity contribution is 7.91. The van der Waals surface area contributed by atoms with E-state index in [2.05, 4.69) is 14.8 Å². The number of urea groups is 1. The van der Waals surface area contributed by atoms with E-state index in [9.17, 15) is 13.4 Å². The normalized spacial score (nSPS) is 20.2. The minimum absolute atomic E-state index is 0.144. The molecule has 2 aromatic heterocycles. The number of carbonyl (C=O) groups excluding carboxylic acids is 1. The van der Waals surface area contributed by atoms with Crippen molar-refractivity contribution in [2.45, 2.75) is 75.3 Å². The van der Waals surface area contributed by atoms with Crippen LogP contribution in [0.2, 0.25) is 0 Å². The number of nitrogens with zero attached hydrogens (tertiary/aromatic N) is 4. The van der Waals surface area contributed by atoms with Crippen LogP contribution >= 0.6 is 0 Å². The molecular formula is C20H25FN6O2S. The molecule has 1 spiro atoms. The molecule has 0 bridgehead atoms. The summed E-state index contributed by atoms with van der Waals surface area (Å²) in [5.74, 6) is -0.839. The average Bonchev–Trinajstić information content (AvgIpc) is 3.00. The molecule has 10 heteroatoms. The van der Waals surface area contributed by atoms with Gasteiger partial charge in [0.15, 0.2) is 15.7 Å². The molecule has 3 N–H and O–H groups in total. The van der Waals surface area contributed by atoms with Gasteiger partial charge in [0.1, 0.15) is 0 Å². The van der Waals surface area contributed by atoms with Crippen molar-refractivity contribution in [3.8, 4) is 0 Å². The van der Waals surface area contributed by atoms with Crippen LogP contribution in [0, 0.1) is 5.82 Å². The van der Waals surface area contributed by atoms with E-state index in [4.69, 9.17) is 10.1 Å². The third-order valence-electron chi connectivity index (χ3n) is 6.45. The van der Waals surface area contributed by atoms with Crippen LogP contribution in [0.1, 0.15) is 68.1 Å². The Balaban J connectivity index is 1.50. The van der Waals surface area contributed by atoms with Gasteiger partial charge in [-0.15, -0.1) is 4.36 Å². The van der Waals surface area contributed by atoms with Crippen molar-refractivity contribution in [3.05, 3.63) is 34.5 Å². The number of halogens is 1. The molecule has 1 saturated carbocycles. The molecular weight excluding hydrogens is 407 g/mol. The molecule has 0 unspecified atom stereocenters. The van der Waals surface area contributed by atoms with Crippen molar-refractivity contribution in [3.63, 3.8) is 0 Å². The van der Waals surface area contributed by atoms with Crippen LogP contribution in [0.25, 0.3) is 0 Å². The fourth-order valence-electron chi connectivity index (χ4n) is 4.69. The third kappa shape index (κ3) is 3.04. The van der Waals surface area contributed by atoms with Crippen LogP contribution in [0.5, 0.6) is 0 Å². The van der Waals surface area contributed by atoms with Gasteiger partial charge in [-0.3, -0.25) is 9.67 Å². The van der Waals surface area contributed by atoms with Crippen LogP contribution in [0.3, 0.4) is 0 Å². The Hall–Kier alpha value is -2.33. The van der Waals surface area contributed by atoms with Crippen LogP contribution in [-0.4, -0.2) is 25.0 Å². The number of nitrogens with one attached hydrogen (secondary N) is 1. The van der Waals surface area contributed by atoms with Crippen molar-refractivity contribution in [2.75, 3.05) is 5.32 Å². The van der Waals surface area contributed by atoms with Crippen LogP contribution in [0.4, 0.5) is 14.9 Å². The minimum atomic E-state index is -3.82. The summed E-state index contributed by atoms with van der Waals surface area (Å²) in [6.45, 7) is 3.60. The standard InChI is InChI=1S/C20H25FN6O2S/c1-11(2)27-10-14(21)18(25-27)30(22,29)26-19(28)24-16-12-4-3-5-15(12)23-17-13(16)6-7-20(17)8-9-20/h10-11H,3-9H2,1-2H3,(H3,22,23,24,26,28,29)/t30-/m0/s1. The molecule has 1 atom stereocenters. The lowest BCUT2D eigenvalue weighted by atomic mass is 10.0. The summed E-state index contributed by atoms with van der Waals surface area (Å²) in [7, 11) is -3.82. The number of nitrogens with two attached hydrogens (primary N) is 1. The Morgan fingerprint density at radius 2 is 2.07 bits per heavy atom. The van der Waals surface area contributed by atoms with E-state index in [0.717, 1.165) is 79.3 Å². The molecule has 0 radical (unpaired) electrons. The number of hydrogen-bond donors (Lipinski definition) is 2. The lowest BCUT2D eigenvalue weighted by Crippen LogP contribution is -2.20. The molecule has 0 aliphatic heterocycles. The van der Waals surface area contributed by atoms with Gasteiger partial charge in [-0.1, -0.05) is 0 Å². The van der Waals surface area contributed by atoms with Gasteiger partial charge in [0, 0.05) is 17.2 Å². The zero-order valence-corrected chi connectivity index (χ0v) is 17.9. The van der Waals surface area contributed by atoms with Crippen molar-refractivity contribution in [2.24, 2.45) is 9.50 Å². The van der Waals surface area contributed by atoms with E-state index in [0.29, 0.717) is 0 Å². The Labute approximate surface area is 174 Å². The van der Waals surface area contributed by atoms with Crippen LogP contribution in [0.15, 0.2) is 15.6 Å². The molecule has 0 saturated heterocycles. The van der Waals surface area contributed by atoms with Gasteiger partial charge in [0.25, 0.3) is 0 Å². The first kappa shape index (κ1) is 19.6. The highest BCUT2D eigenvalue weighted by Crippen LogP contribution is 2.58. The number of aromatic nitrogens is 3. The maximum absolute atomic E-state index is 14.3. The summed E-state index contributed by atoms with van der Waals surface area (Å²) in [5, 5.41) is 12.0. The van der Waals surface area contributed by atoms with Gasteiger partial charge >= 0.3 is 6.03 Å². The summed E-state index contributed by atoms with van der Waals surface area (Å²) >= 11 is 0. The number of hydrogen-bond acceptors (Lipinski definition) is 4. The van der Waals surface area contributed by atoms with E-state index in [1.54, 1.807) is 13.8 Å². The number of rotatable bonds is 3. The van der Waals surface area contributed by atoms with Gasteiger partial charge < -0.3 is 5.32 Å². The average molecular weight is 433 g/mol. The molecule has 2 heterocycles. The molecule has 1 fully saturated rings. The molecule has 0 aromatic carbocycles. The number of amides is 2. The molecule has 2 amide bonds. The van der Waals surface area contributed by atoms with Crippen molar-refractivity contribution < 1.29 is 13.4 Å². The van der Waals surface area contributed by atoms with Crippen molar-refractivity contribution in [1.29, 1.82) is 0 Å². The molecule has 2 aromatic rings. The first-order valence-corrected chi connectivity index (χ1v) is 11.9. The monoisotopic (exact) mass is 432 g/mol. The Kier molecular flexibility index (Phi) is 4.31. The number of anilines is 1. The van der Waals surface area contributed by atoms with Crippen molar-refractivity contribution in [1.82, 2.24) is 14.8 Å². The van der Waals surface area contributed by atoms with E-state index < -0.39 is 26.8 Å². The van der Waals surface area contributed by atoms with Gasteiger partial charge in [-0.2, -0.15) is 5.10 Å². The van der Waals surface area contributed by atoms with Crippen molar-refractivity contribution >= 4 is 21.6 Å². The molecule has 5 rings (SSSR count). The van der Waals surface area contributed by atoms with Gasteiger partial charge in [-0.25, -0.2) is 18.5 Å². The second-order valence-electron chi connectivity index (χ2n) is 8.82. The Bertz CT molecular complexity index is 1190. The van der Waals surface area contributed by atoms with Crippen LogP contribution < -0.4 is 10.5 Å². The van der Waals surface area contributed by atoms with E-state index in [-0.39, 0.29) is 11.5 Å². The van der Waals surface area contributed by atoms with E-state index >= 15 is 0 Å². The summed E-state index contributed by atoms with van der Waals surface area (Å²) in [5.41, 5.74) is 5.16.